The first kappa shape index (κ1) is 15.7. The Labute approximate surface area is 103 Å². The molecule has 5 nitrogen and oxygen atoms in total. The number of carboxylic acid groups (broad SMARTS) is 1. The van der Waals surface area contributed by atoms with E-state index in [1.165, 1.54) is 11.9 Å². The van der Waals surface area contributed by atoms with Gasteiger partial charge < -0.3 is 10.4 Å². The summed E-state index contributed by atoms with van der Waals surface area (Å²) >= 11 is 0. The van der Waals surface area contributed by atoms with E-state index in [4.69, 9.17) is 0 Å². The fourth-order valence-electron chi connectivity index (χ4n) is 1.82. The van der Waals surface area contributed by atoms with E-state index in [9.17, 15) is 14.7 Å². The number of carbonyl (C=O) groups is 2. The molecule has 0 spiro atoms. The van der Waals surface area contributed by atoms with Gasteiger partial charge in [0.05, 0.1) is 0 Å². The molecule has 2 amide bonds. The van der Waals surface area contributed by atoms with Crippen LogP contribution in [0.1, 0.15) is 41.5 Å². The smallest absolute Gasteiger partial charge is 0.408 e. The van der Waals surface area contributed by atoms with E-state index in [1.54, 1.807) is 20.8 Å². The number of amides is 2. The van der Waals surface area contributed by atoms with Crippen molar-refractivity contribution in [3.05, 3.63) is 0 Å². The molecule has 0 radical (unpaired) electrons. The highest BCUT2D eigenvalue weighted by molar-refractivity contribution is 5.86. The van der Waals surface area contributed by atoms with Gasteiger partial charge in [-0.05, 0) is 26.2 Å². The van der Waals surface area contributed by atoms with Crippen molar-refractivity contribution in [2.24, 2.45) is 5.41 Å². The lowest BCUT2D eigenvalue weighted by molar-refractivity contribution is -0.131. The van der Waals surface area contributed by atoms with Gasteiger partial charge in [-0.2, -0.15) is 0 Å². The van der Waals surface area contributed by atoms with Gasteiger partial charge in [0, 0.05) is 12.6 Å². The molecule has 2 N–H and O–H groups in total. The highest BCUT2D eigenvalue weighted by Crippen LogP contribution is 2.30. The molecule has 5 heteroatoms. The molecule has 0 fully saturated rings. The van der Waals surface area contributed by atoms with Gasteiger partial charge in [0.15, 0.2) is 0 Å². The van der Waals surface area contributed by atoms with Crippen LogP contribution in [0.2, 0.25) is 0 Å². The molecule has 0 saturated carbocycles. The molecule has 100 valence electrons. The molecule has 17 heavy (non-hydrogen) atoms. The largest absolute Gasteiger partial charge is 0.465 e. The molecule has 0 aliphatic carbocycles. The van der Waals surface area contributed by atoms with E-state index in [-0.39, 0.29) is 5.91 Å². The first-order chi connectivity index (χ1) is 7.42. The number of rotatable bonds is 2. The van der Waals surface area contributed by atoms with Crippen molar-refractivity contribution >= 4 is 12.0 Å². The van der Waals surface area contributed by atoms with Crippen molar-refractivity contribution < 1.29 is 14.7 Å². The summed E-state index contributed by atoms with van der Waals surface area (Å²) < 4.78 is 0. The molecule has 0 heterocycles. The molecule has 0 aromatic carbocycles. The van der Waals surface area contributed by atoms with Crippen molar-refractivity contribution in [3.8, 4) is 0 Å². The zero-order chi connectivity index (χ0) is 14.0. The van der Waals surface area contributed by atoms with Crippen molar-refractivity contribution in [2.75, 3.05) is 7.05 Å². The summed E-state index contributed by atoms with van der Waals surface area (Å²) in [5.41, 5.74) is -1.10. The Hall–Kier alpha value is -1.26. The van der Waals surface area contributed by atoms with E-state index >= 15 is 0 Å². The topological polar surface area (TPSA) is 69.6 Å². The van der Waals surface area contributed by atoms with Crippen LogP contribution in [0.5, 0.6) is 0 Å². The first-order valence-corrected chi connectivity index (χ1v) is 5.66. The lowest BCUT2D eigenvalue weighted by Gasteiger charge is -2.44. The molecule has 0 aliphatic heterocycles. The fourth-order valence-corrected chi connectivity index (χ4v) is 1.82. The summed E-state index contributed by atoms with van der Waals surface area (Å²) in [4.78, 5) is 24.5. The van der Waals surface area contributed by atoms with Gasteiger partial charge in [-0.1, -0.05) is 20.8 Å². The van der Waals surface area contributed by atoms with Gasteiger partial charge >= 0.3 is 6.09 Å². The number of nitrogens with one attached hydrogen (secondary N) is 1. The average Bonchev–Trinajstić information content (AvgIpc) is 2.08. The molecule has 0 saturated heterocycles. The third-order valence-electron chi connectivity index (χ3n) is 2.50. The van der Waals surface area contributed by atoms with Crippen molar-refractivity contribution in [1.82, 2.24) is 10.2 Å². The minimum atomic E-state index is -1.08. The normalized spacial score (nSPS) is 14.1. The summed E-state index contributed by atoms with van der Waals surface area (Å²) in [5.74, 6) is -0.283. The molecule has 0 aromatic rings. The summed E-state index contributed by atoms with van der Waals surface area (Å²) in [6, 6.07) is -0.718. The lowest BCUT2D eigenvalue weighted by atomic mass is 9.83. The fraction of sp³-hybridized carbons (Fsp3) is 0.833. The highest BCUT2D eigenvalue weighted by atomic mass is 16.4. The maximum absolute atomic E-state index is 11.9. The van der Waals surface area contributed by atoms with Crippen LogP contribution in [0.25, 0.3) is 0 Å². The summed E-state index contributed by atoms with van der Waals surface area (Å²) in [5, 5.41) is 11.9. The molecule has 0 unspecified atom stereocenters. The highest BCUT2D eigenvalue weighted by Gasteiger charge is 2.43. The predicted octanol–water partition coefficient (Wildman–Crippen LogP) is 1.93. The number of hydrogen-bond donors (Lipinski definition) is 2. The molecule has 0 aromatic heterocycles. The van der Waals surface area contributed by atoms with Gasteiger partial charge in [0.2, 0.25) is 5.91 Å². The Bertz CT molecular complexity index is 300. The number of nitrogens with zero attached hydrogens (tertiary/aromatic N) is 1. The SMILES string of the molecule is CNC(=O)[C@H](N(C(=O)O)C(C)(C)C)C(C)(C)C. The second-order valence-corrected chi connectivity index (χ2v) is 6.21. The second-order valence-electron chi connectivity index (χ2n) is 6.21. The van der Waals surface area contributed by atoms with Crippen molar-refractivity contribution in [1.29, 1.82) is 0 Å². The quantitative estimate of drug-likeness (QED) is 0.779. The first-order valence-electron chi connectivity index (χ1n) is 5.66. The van der Waals surface area contributed by atoms with Crippen LogP contribution in [0.4, 0.5) is 4.79 Å². The third kappa shape index (κ3) is 3.91. The summed E-state index contributed by atoms with van der Waals surface area (Å²) in [7, 11) is 1.52. The molecule has 0 bridgehead atoms. The van der Waals surface area contributed by atoms with Gasteiger partial charge in [0.25, 0.3) is 0 Å². The zero-order valence-corrected chi connectivity index (χ0v) is 11.8. The van der Waals surface area contributed by atoms with Crippen molar-refractivity contribution in [2.45, 2.75) is 53.1 Å². The number of hydrogen-bond acceptors (Lipinski definition) is 2. The van der Waals surface area contributed by atoms with Crippen LogP contribution in [0.15, 0.2) is 0 Å². The maximum Gasteiger partial charge on any atom is 0.408 e. The van der Waals surface area contributed by atoms with E-state index in [0.29, 0.717) is 0 Å². The van der Waals surface area contributed by atoms with E-state index in [1.807, 2.05) is 20.8 Å². The van der Waals surface area contributed by atoms with E-state index in [2.05, 4.69) is 5.32 Å². The Morgan fingerprint density at radius 2 is 1.53 bits per heavy atom. The third-order valence-corrected chi connectivity index (χ3v) is 2.50. The van der Waals surface area contributed by atoms with Crippen LogP contribution in [-0.4, -0.2) is 40.6 Å². The molecule has 0 aliphatic rings. The lowest BCUT2D eigenvalue weighted by Crippen LogP contribution is -2.61. The summed E-state index contributed by atoms with van der Waals surface area (Å²) in [6.45, 7) is 10.9. The Balaban J connectivity index is 5.56. The minimum absolute atomic E-state index is 0.283. The summed E-state index contributed by atoms with van der Waals surface area (Å²) in [6.07, 6.45) is -1.08. The standard InChI is InChI=1S/C12H24N2O3/c1-11(2,3)8(9(15)13-7)14(10(16)17)12(4,5)6/h8H,1-7H3,(H,13,15)(H,16,17)/t8-/m0/s1. The monoisotopic (exact) mass is 244 g/mol. The average molecular weight is 244 g/mol. The molecular weight excluding hydrogens is 220 g/mol. The molecule has 1 atom stereocenters. The predicted molar refractivity (Wildman–Crippen MR) is 66.9 cm³/mol. The van der Waals surface area contributed by atoms with Crippen LogP contribution in [0, 0.1) is 5.41 Å². The van der Waals surface area contributed by atoms with Crippen LogP contribution in [-0.2, 0) is 4.79 Å². The minimum Gasteiger partial charge on any atom is -0.465 e. The second kappa shape index (κ2) is 4.94. The zero-order valence-electron chi connectivity index (χ0n) is 11.8. The Morgan fingerprint density at radius 3 is 1.71 bits per heavy atom. The molecule has 0 rings (SSSR count). The van der Waals surface area contributed by atoms with Crippen molar-refractivity contribution in [3.63, 3.8) is 0 Å². The Morgan fingerprint density at radius 1 is 1.12 bits per heavy atom. The van der Waals surface area contributed by atoms with Gasteiger partial charge in [0.1, 0.15) is 6.04 Å². The number of carbonyl (C=O) groups excluding carboxylic acids is 1. The van der Waals surface area contributed by atoms with E-state index < -0.39 is 23.1 Å². The van der Waals surface area contributed by atoms with Crippen LogP contribution < -0.4 is 5.32 Å². The van der Waals surface area contributed by atoms with E-state index in [0.717, 1.165) is 0 Å². The number of likely N-dealkylation sites (N-methyl/N-ethyl adjacent to an activating group) is 1. The maximum atomic E-state index is 11.9. The van der Waals surface area contributed by atoms with Gasteiger partial charge in [-0.25, -0.2) is 4.79 Å². The van der Waals surface area contributed by atoms with Crippen LogP contribution in [0.3, 0.4) is 0 Å². The Kier molecular flexibility index (Phi) is 4.57. The van der Waals surface area contributed by atoms with Gasteiger partial charge in [-0.15, -0.1) is 0 Å². The molecular formula is C12H24N2O3. The van der Waals surface area contributed by atoms with Crippen LogP contribution >= 0.6 is 0 Å². The van der Waals surface area contributed by atoms with Gasteiger partial charge in [-0.3, -0.25) is 9.69 Å².